The van der Waals surface area contributed by atoms with Gasteiger partial charge in [-0.3, -0.25) is 9.79 Å². The molecule has 0 saturated heterocycles. The molecular weight excluding hydrogens is 353 g/mol. The second-order valence-corrected chi connectivity index (χ2v) is 5.08. The molecule has 1 aromatic carbocycles. The van der Waals surface area contributed by atoms with Crippen LogP contribution in [0.2, 0.25) is 0 Å². The van der Waals surface area contributed by atoms with Gasteiger partial charge in [0.1, 0.15) is 0 Å². The highest BCUT2D eigenvalue weighted by molar-refractivity contribution is 5.95. The van der Waals surface area contributed by atoms with Crippen LogP contribution in [-0.4, -0.2) is 58.9 Å². The molecular formula is C16H23F3N4O3. The maximum Gasteiger partial charge on any atom is 0.243 e. The number of hydrogen-bond acceptors (Lipinski definition) is 4. The van der Waals surface area contributed by atoms with E-state index in [4.69, 9.17) is 9.47 Å². The number of amides is 1. The summed E-state index contributed by atoms with van der Waals surface area (Å²) in [6.07, 6.45) is 0.719. The summed E-state index contributed by atoms with van der Waals surface area (Å²) >= 11 is 0. The number of ether oxygens (including phenoxy) is 2. The molecule has 0 bridgehead atoms. The van der Waals surface area contributed by atoms with E-state index in [2.05, 4.69) is 20.9 Å². The van der Waals surface area contributed by atoms with E-state index in [1.807, 2.05) is 0 Å². The molecule has 26 heavy (non-hydrogen) atoms. The largest absolute Gasteiger partial charge is 0.382 e. The summed E-state index contributed by atoms with van der Waals surface area (Å²) in [5, 5.41) is 7.85. The first kappa shape index (κ1) is 21.7. The monoisotopic (exact) mass is 376 g/mol. The fourth-order valence-electron chi connectivity index (χ4n) is 1.83. The molecule has 1 rings (SSSR count). The maximum absolute atomic E-state index is 13.5. The lowest BCUT2D eigenvalue weighted by Crippen LogP contribution is -2.42. The molecule has 10 heteroatoms. The number of hydrogen-bond donors (Lipinski definition) is 3. The highest BCUT2D eigenvalue weighted by Gasteiger charge is 2.15. The SMILES string of the molecule is CN=C(NCCCOCCOC)NCC(=O)Nc1ccc(F)c(F)c1F. The number of methoxy groups -OCH3 is 1. The van der Waals surface area contributed by atoms with Gasteiger partial charge in [0.2, 0.25) is 5.91 Å². The van der Waals surface area contributed by atoms with E-state index >= 15 is 0 Å². The van der Waals surface area contributed by atoms with Crippen LogP contribution in [0.3, 0.4) is 0 Å². The zero-order valence-electron chi connectivity index (χ0n) is 14.7. The van der Waals surface area contributed by atoms with Crippen LogP contribution < -0.4 is 16.0 Å². The second-order valence-electron chi connectivity index (χ2n) is 5.08. The summed E-state index contributed by atoms with van der Waals surface area (Å²) in [7, 11) is 3.12. The number of anilines is 1. The number of carbonyl (C=O) groups is 1. The van der Waals surface area contributed by atoms with Gasteiger partial charge in [-0.15, -0.1) is 0 Å². The van der Waals surface area contributed by atoms with Crippen LogP contribution in [0.4, 0.5) is 18.9 Å². The van der Waals surface area contributed by atoms with Crippen LogP contribution in [0, 0.1) is 17.5 Å². The Labute approximate surface area is 150 Å². The van der Waals surface area contributed by atoms with Crippen molar-refractivity contribution in [3.8, 4) is 0 Å². The summed E-state index contributed by atoms with van der Waals surface area (Å²) in [5.41, 5.74) is -0.438. The normalized spacial score (nSPS) is 11.3. The molecule has 3 N–H and O–H groups in total. The molecule has 0 unspecified atom stereocenters. The molecule has 146 valence electrons. The predicted molar refractivity (Wildman–Crippen MR) is 91.6 cm³/mol. The van der Waals surface area contributed by atoms with Crippen molar-refractivity contribution in [1.82, 2.24) is 10.6 Å². The average Bonchev–Trinajstić information content (AvgIpc) is 2.64. The van der Waals surface area contributed by atoms with Crippen molar-refractivity contribution in [3.05, 3.63) is 29.6 Å². The van der Waals surface area contributed by atoms with Crippen molar-refractivity contribution < 1.29 is 27.4 Å². The Morgan fingerprint density at radius 3 is 2.58 bits per heavy atom. The van der Waals surface area contributed by atoms with E-state index < -0.39 is 29.0 Å². The predicted octanol–water partition coefficient (Wildman–Crippen LogP) is 1.26. The van der Waals surface area contributed by atoms with Gasteiger partial charge in [-0.25, -0.2) is 13.2 Å². The van der Waals surface area contributed by atoms with Crippen molar-refractivity contribution in [2.24, 2.45) is 4.99 Å². The Balaban J connectivity index is 2.31. The number of aliphatic imine (C=N–C) groups is 1. The second kappa shape index (κ2) is 12.1. The number of nitrogens with one attached hydrogen (secondary N) is 3. The van der Waals surface area contributed by atoms with Crippen molar-refractivity contribution in [3.63, 3.8) is 0 Å². The minimum Gasteiger partial charge on any atom is -0.382 e. The topological polar surface area (TPSA) is 84.0 Å². The van der Waals surface area contributed by atoms with E-state index in [9.17, 15) is 18.0 Å². The molecule has 0 aliphatic rings. The van der Waals surface area contributed by atoms with Crippen LogP contribution in [-0.2, 0) is 14.3 Å². The molecule has 0 fully saturated rings. The van der Waals surface area contributed by atoms with Gasteiger partial charge in [-0.05, 0) is 18.6 Å². The minimum atomic E-state index is -1.64. The van der Waals surface area contributed by atoms with Crippen LogP contribution in [0.5, 0.6) is 0 Å². The van der Waals surface area contributed by atoms with Crippen LogP contribution in [0.1, 0.15) is 6.42 Å². The Morgan fingerprint density at radius 2 is 1.88 bits per heavy atom. The number of halogens is 3. The van der Waals surface area contributed by atoms with Crippen LogP contribution >= 0.6 is 0 Å². The first-order valence-electron chi connectivity index (χ1n) is 7.94. The third kappa shape index (κ3) is 7.70. The molecule has 0 spiro atoms. The molecule has 0 aromatic heterocycles. The highest BCUT2D eigenvalue weighted by Crippen LogP contribution is 2.19. The Hall–Kier alpha value is -2.33. The van der Waals surface area contributed by atoms with E-state index in [1.54, 1.807) is 7.11 Å². The van der Waals surface area contributed by atoms with E-state index in [1.165, 1.54) is 7.05 Å². The molecule has 7 nitrogen and oxygen atoms in total. The average molecular weight is 376 g/mol. The smallest absolute Gasteiger partial charge is 0.243 e. The molecule has 1 amide bonds. The van der Waals surface area contributed by atoms with Crippen LogP contribution in [0.25, 0.3) is 0 Å². The number of guanidine groups is 1. The lowest BCUT2D eigenvalue weighted by atomic mass is 10.2. The summed E-state index contributed by atoms with van der Waals surface area (Å²) in [5.74, 6) is -4.69. The highest BCUT2D eigenvalue weighted by atomic mass is 19.2. The molecule has 0 aliphatic heterocycles. The van der Waals surface area contributed by atoms with Gasteiger partial charge in [0.15, 0.2) is 23.4 Å². The number of carbonyl (C=O) groups excluding carboxylic acids is 1. The third-order valence-electron chi connectivity index (χ3n) is 3.14. The molecule has 0 saturated carbocycles. The number of nitrogens with zero attached hydrogens (tertiary/aromatic N) is 1. The maximum atomic E-state index is 13.5. The van der Waals surface area contributed by atoms with Gasteiger partial charge in [-0.2, -0.15) is 0 Å². The molecule has 0 heterocycles. The summed E-state index contributed by atoms with van der Waals surface area (Å²) in [4.78, 5) is 15.7. The van der Waals surface area contributed by atoms with Gasteiger partial charge in [0.25, 0.3) is 0 Å². The van der Waals surface area contributed by atoms with Crippen molar-refractivity contribution in [1.29, 1.82) is 0 Å². The lowest BCUT2D eigenvalue weighted by Gasteiger charge is -2.12. The summed E-state index contributed by atoms with van der Waals surface area (Å²) < 4.78 is 49.6. The Morgan fingerprint density at radius 1 is 1.12 bits per heavy atom. The summed E-state index contributed by atoms with van der Waals surface area (Å²) in [6, 6.07) is 1.68. The van der Waals surface area contributed by atoms with Gasteiger partial charge < -0.3 is 25.4 Å². The number of rotatable bonds is 10. The first-order chi connectivity index (χ1) is 12.5. The third-order valence-corrected chi connectivity index (χ3v) is 3.14. The van der Waals surface area contributed by atoms with Crippen molar-refractivity contribution >= 4 is 17.6 Å². The van der Waals surface area contributed by atoms with Gasteiger partial charge in [-0.1, -0.05) is 0 Å². The quantitative estimate of drug-likeness (QED) is 0.248. The van der Waals surface area contributed by atoms with Crippen LogP contribution in [0.15, 0.2) is 17.1 Å². The summed E-state index contributed by atoms with van der Waals surface area (Å²) in [6.45, 7) is 1.92. The van der Waals surface area contributed by atoms with Crippen molar-refractivity contribution in [2.45, 2.75) is 6.42 Å². The number of benzene rings is 1. The van der Waals surface area contributed by atoms with Gasteiger partial charge in [0.05, 0.1) is 25.4 Å². The van der Waals surface area contributed by atoms with E-state index in [-0.39, 0.29) is 6.54 Å². The zero-order valence-corrected chi connectivity index (χ0v) is 14.7. The Kier molecular flexibility index (Phi) is 10.1. The molecule has 0 radical (unpaired) electrons. The fraction of sp³-hybridized carbons (Fsp3) is 0.500. The van der Waals surface area contributed by atoms with Gasteiger partial charge >= 0.3 is 0 Å². The van der Waals surface area contributed by atoms with Gasteiger partial charge in [0, 0.05) is 27.3 Å². The zero-order chi connectivity index (χ0) is 19.4. The molecule has 0 aliphatic carbocycles. The minimum absolute atomic E-state index is 0.234. The lowest BCUT2D eigenvalue weighted by molar-refractivity contribution is -0.115. The van der Waals surface area contributed by atoms with E-state index in [0.29, 0.717) is 32.3 Å². The van der Waals surface area contributed by atoms with E-state index in [0.717, 1.165) is 18.6 Å². The first-order valence-corrected chi connectivity index (χ1v) is 7.94. The molecule has 0 atom stereocenters. The Bertz CT molecular complexity index is 615. The van der Waals surface area contributed by atoms with Crippen molar-refractivity contribution in [2.75, 3.05) is 52.4 Å². The fourth-order valence-corrected chi connectivity index (χ4v) is 1.83. The standard InChI is InChI=1S/C16H23F3N4O3/c1-20-16(21-6-3-7-26-9-8-25-2)22-10-13(24)23-12-5-4-11(17)14(18)15(12)19/h4-5H,3,6-10H2,1-2H3,(H,23,24)(H2,20,21,22). The molecule has 1 aromatic rings.